The molecule has 0 amide bonds. The number of benzene rings is 4. The van der Waals surface area contributed by atoms with Crippen LogP contribution in [0.3, 0.4) is 0 Å². The number of ether oxygens (including phenoxy) is 1. The third kappa shape index (κ3) is 5.21. The molecule has 6 rings (SSSR count). The van der Waals surface area contributed by atoms with E-state index in [1.165, 1.54) is 9.13 Å². The van der Waals surface area contributed by atoms with Crippen molar-refractivity contribution in [3.05, 3.63) is 129 Å². The Morgan fingerprint density at radius 2 is 1.43 bits per heavy atom. The molecule has 0 saturated carbocycles. The summed E-state index contributed by atoms with van der Waals surface area (Å²) in [7, 11) is 0. The number of hydrogen-bond donors (Lipinski definition) is 2. The van der Waals surface area contributed by atoms with Crippen molar-refractivity contribution in [3.63, 3.8) is 0 Å². The van der Waals surface area contributed by atoms with Crippen LogP contribution < -0.4 is 11.2 Å². The first-order valence-electron chi connectivity index (χ1n) is 13.7. The molecule has 5 aromatic rings. The number of aliphatic hydroxyl groups excluding tert-OH is 2. The molecule has 1 saturated heterocycles. The smallest absolute Gasteiger partial charge is 0.340 e. The molecule has 0 radical (unpaired) electrons. The minimum absolute atomic E-state index is 0.247. The first kappa shape index (κ1) is 27.5. The largest absolute Gasteiger partial charge is 0.394 e. The summed E-state index contributed by atoms with van der Waals surface area (Å²) in [5.74, 6) is 0. The highest BCUT2D eigenvalue weighted by Crippen LogP contribution is 2.34. The second-order valence-electron chi connectivity index (χ2n) is 10.6. The number of fused-ring (bicyclic) bond motifs is 1. The fourth-order valence-corrected chi connectivity index (χ4v) is 5.23. The zero-order valence-corrected chi connectivity index (χ0v) is 23.2. The number of aliphatic hydroxyl groups is 2. The van der Waals surface area contributed by atoms with Crippen molar-refractivity contribution >= 4 is 22.3 Å². The molecule has 1 aliphatic rings. The van der Waals surface area contributed by atoms with E-state index in [-0.39, 0.29) is 12.7 Å². The second kappa shape index (κ2) is 11.3. The van der Waals surface area contributed by atoms with Crippen LogP contribution >= 0.6 is 0 Å². The number of hydrogen-bond acceptors (Lipinski definition) is 7. The molecule has 3 atom stereocenters. The Morgan fingerprint density at radius 1 is 0.810 bits per heavy atom. The molecule has 2 N–H and O–H groups in total. The second-order valence-corrected chi connectivity index (χ2v) is 10.6. The molecule has 0 spiro atoms. The number of aromatic nitrogens is 2. The number of azo groups is 1. The molecule has 9 nitrogen and oxygen atoms in total. The molecule has 4 aromatic carbocycles. The quantitative estimate of drug-likeness (QED) is 0.270. The molecule has 0 unspecified atom stereocenters. The maximum Gasteiger partial charge on any atom is 0.340 e. The van der Waals surface area contributed by atoms with E-state index in [0.717, 1.165) is 16.7 Å². The summed E-state index contributed by atoms with van der Waals surface area (Å²) in [5, 5.41) is 28.7. The van der Waals surface area contributed by atoms with Gasteiger partial charge in [0.25, 0.3) is 5.56 Å². The SMILES string of the molecule is Cc1ccc(-n2c(=O)c3ccc(N=Nc4cccc([C@H]5C[C@H](O)[C@@H](CO)O5)c4)cc3n(-c3ccc(C)cc3)c2=O)cc1. The predicted molar refractivity (Wildman–Crippen MR) is 161 cm³/mol. The zero-order valence-electron chi connectivity index (χ0n) is 23.2. The Morgan fingerprint density at radius 3 is 2.05 bits per heavy atom. The lowest BCUT2D eigenvalue weighted by Gasteiger charge is -2.15. The highest BCUT2D eigenvalue weighted by molar-refractivity contribution is 5.83. The van der Waals surface area contributed by atoms with E-state index < -0.39 is 23.5 Å². The van der Waals surface area contributed by atoms with Crippen molar-refractivity contribution in [1.29, 1.82) is 0 Å². The molecule has 2 heterocycles. The third-order valence-corrected chi connectivity index (χ3v) is 7.55. The lowest BCUT2D eigenvalue weighted by atomic mass is 10.0. The molecule has 1 aromatic heterocycles. The average molecular weight is 563 g/mol. The van der Waals surface area contributed by atoms with Gasteiger partial charge in [-0.1, -0.05) is 47.5 Å². The van der Waals surface area contributed by atoms with Crippen molar-refractivity contribution in [2.45, 2.75) is 38.6 Å². The Balaban J connectivity index is 1.43. The van der Waals surface area contributed by atoms with Gasteiger partial charge >= 0.3 is 5.69 Å². The maximum atomic E-state index is 13.9. The van der Waals surface area contributed by atoms with Gasteiger partial charge in [0.2, 0.25) is 0 Å². The molecule has 1 fully saturated rings. The summed E-state index contributed by atoms with van der Waals surface area (Å²) in [6.45, 7) is 3.67. The summed E-state index contributed by atoms with van der Waals surface area (Å²) in [5.41, 5.74) is 4.57. The highest BCUT2D eigenvalue weighted by Gasteiger charge is 2.34. The molecule has 42 heavy (non-hydrogen) atoms. The molecule has 9 heteroatoms. The average Bonchev–Trinajstić information content (AvgIpc) is 3.38. The number of nitrogens with zero attached hydrogens (tertiary/aromatic N) is 4. The summed E-state index contributed by atoms with van der Waals surface area (Å²) >= 11 is 0. The van der Waals surface area contributed by atoms with Crippen molar-refractivity contribution in [2.24, 2.45) is 10.2 Å². The molecule has 1 aliphatic heterocycles. The van der Waals surface area contributed by atoms with Crippen LogP contribution in [0.15, 0.2) is 111 Å². The van der Waals surface area contributed by atoms with Crippen molar-refractivity contribution < 1.29 is 14.9 Å². The lowest BCUT2D eigenvalue weighted by Crippen LogP contribution is -2.38. The predicted octanol–water partition coefficient (Wildman–Crippen LogP) is 5.36. The van der Waals surface area contributed by atoms with Crippen LogP contribution in [0.25, 0.3) is 22.3 Å². The van der Waals surface area contributed by atoms with Gasteiger partial charge in [-0.2, -0.15) is 10.2 Å². The molecular formula is C33H30N4O5. The fourth-order valence-electron chi connectivity index (χ4n) is 5.23. The van der Waals surface area contributed by atoms with Crippen molar-refractivity contribution in [2.75, 3.05) is 6.61 Å². The van der Waals surface area contributed by atoms with Gasteiger partial charge in [-0.15, -0.1) is 0 Å². The van der Waals surface area contributed by atoms with Gasteiger partial charge in [-0.25, -0.2) is 9.36 Å². The Hall–Kier alpha value is -4.70. The van der Waals surface area contributed by atoms with Crippen LogP contribution in [0.2, 0.25) is 0 Å². The van der Waals surface area contributed by atoms with Crippen LogP contribution in [0.5, 0.6) is 0 Å². The minimum atomic E-state index is -0.732. The normalized spacial score (nSPS) is 18.7. The Bertz CT molecular complexity index is 1910. The van der Waals surface area contributed by atoms with Crippen LogP contribution in [0.4, 0.5) is 11.4 Å². The topological polar surface area (TPSA) is 118 Å². The Kier molecular flexibility index (Phi) is 7.38. The van der Waals surface area contributed by atoms with Crippen LogP contribution in [-0.4, -0.2) is 38.2 Å². The van der Waals surface area contributed by atoms with Crippen LogP contribution in [-0.2, 0) is 4.74 Å². The first-order valence-corrected chi connectivity index (χ1v) is 13.7. The van der Waals surface area contributed by atoms with E-state index in [0.29, 0.717) is 40.1 Å². The molecule has 212 valence electrons. The van der Waals surface area contributed by atoms with Gasteiger partial charge in [-0.05, 0) is 74.0 Å². The summed E-state index contributed by atoms with van der Waals surface area (Å²) in [6, 6.07) is 27.2. The van der Waals surface area contributed by atoms with Crippen LogP contribution in [0.1, 0.15) is 29.2 Å². The van der Waals surface area contributed by atoms with Gasteiger partial charge in [0, 0.05) is 6.42 Å². The summed E-state index contributed by atoms with van der Waals surface area (Å²) in [4.78, 5) is 27.6. The lowest BCUT2D eigenvalue weighted by molar-refractivity contribution is -0.0225. The van der Waals surface area contributed by atoms with E-state index in [4.69, 9.17) is 4.74 Å². The monoisotopic (exact) mass is 562 g/mol. The summed E-state index contributed by atoms with van der Waals surface area (Å²) < 4.78 is 8.49. The maximum absolute atomic E-state index is 13.9. The van der Waals surface area contributed by atoms with E-state index >= 15 is 0 Å². The van der Waals surface area contributed by atoms with Gasteiger partial charge in [-0.3, -0.25) is 9.36 Å². The number of rotatable bonds is 6. The van der Waals surface area contributed by atoms with Gasteiger partial charge in [0.15, 0.2) is 0 Å². The van der Waals surface area contributed by atoms with Crippen LogP contribution in [0, 0.1) is 13.8 Å². The highest BCUT2D eigenvalue weighted by atomic mass is 16.5. The third-order valence-electron chi connectivity index (χ3n) is 7.55. The molecule has 0 bridgehead atoms. The zero-order chi connectivity index (χ0) is 29.4. The van der Waals surface area contributed by atoms with Crippen molar-refractivity contribution in [3.8, 4) is 11.4 Å². The van der Waals surface area contributed by atoms with Gasteiger partial charge in [0.05, 0.1) is 52.5 Å². The van der Waals surface area contributed by atoms with Gasteiger partial charge in [0.1, 0.15) is 6.10 Å². The number of aryl methyl sites for hydroxylation is 2. The van der Waals surface area contributed by atoms with Gasteiger partial charge < -0.3 is 14.9 Å². The van der Waals surface area contributed by atoms with E-state index in [1.54, 1.807) is 36.4 Å². The van der Waals surface area contributed by atoms with E-state index in [1.807, 2.05) is 68.4 Å². The molecule has 0 aliphatic carbocycles. The summed E-state index contributed by atoms with van der Waals surface area (Å²) in [6.07, 6.45) is -1.32. The fraction of sp³-hybridized carbons (Fsp3) is 0.212. The minimum Gasteiger partial charge on any atom is -0.394 e. The van der Waals surface area contributed by atoms with Crippen molar-refractivity contribution in [1.82, 2.24) is 9.13 Å². The standard InChI is InChI=1S/C33H30N4O5/c1-20-6-11-25(12-7-20)36-28-17-24(10-15-27(28)32(40)37(33(36)41)26-13-8-21(2)9-14-26)35-34-23-5-3-4-22(16-23)30-18-29(39)31(19-38)42-30/h3-17,29-31,38-39H,18-19H2,1-2H3/t29-,30+,31+/m0/s1. The molecular weight excluding hydrogens is 532 g/mol. The van der Waals surface area contributed by atoms with E-state index in [2.05, 4.69) is 10.2 Å². The Labute approximate surface area is 241 Å². The first-order chi connectivity index (χ1) is 20.3. The van der Waals surface area contributed by atoms with E-state index in [9.17, 15) is 19.8 Å².